The second-order valence-corrected chi connectivity index (χ2v) is 5.93. The van der Waals surface area contributed by atoms with Crippen LogP contribution in [0.5, 0.6) is 0 Å². The summed E-state index contributed by atoms with van der Waals surface area (Å²) in [5, 5.41) is 0.507. The van der Waals surface area contributed by atoms with Crippen LogP contribution < -0.4 is 0 Å². The fourth-order valence-corrected chi connectivity index (χ4v) is 2.86. The number of aromatic nitrogens is 1. The first-order valence-electron chi connectivity index (χ1n) is 7.81. The molecule has 6 nitrogen and oxygen atoms in total. The van der Waals surface area contributed by atoms with Gasteiger partial charge in [0.25, 0.3) is 11.8 Å². The van der Waals surface area contributed by atoms with Crippen LogP contribution >= 0.6 is 0 Å². The van der Waals surface area contributed by atoms with E-state index in [1.165, 1.54) is 24.8 Å². The van der Waals surface area contributed by atoms with Crippen LogP contribution in [-0.4, -0.2) is 27.8 Å². The number of carbonyl (C=O) groups excluding carboxylic acids is 3. The standard InChI is InChI=1S/C18H14N2O4/c21-16-13-6-1-2-7-14(13)17(22)20(16)24-18(23)12-8-9-15(19-10-12)11-4-3-5-11/h1-2,6-11H,3-5H2. The normalized spacial score (nSPS) is 16.8. The van der Waals surface area contributed by atoms with E-state index in [0.717, 1.165) is 18.5 Å². The highest BCUT2D eigenvalue weighted by atomic mass is 16.7. The third-order valence-corrected chi connectivity index (χ3v) is 4.48. The van der Waals surface area contributed by atoms with E-state index >= 15 is 0 Å². The Bertz CT molecular complexity index is 805. The van der Waals surface area contributed by atoms with Crippen molar-refractivity contribution in [1.82, 2.24) is 10.0 Å². The topological polar surface area (TPSA) is 76.6 Å². The molecule has 1 saturated carbocycles. The molecule has 2 heterocycles. The molecule has 1 fully saturated rings. The minimum absolute atomic E-state index is 0.203. The minimum Gasteiger partial charge on any atom is -0.324 e. The number of imide groups is 1. The molecule has 0 saturated heterocycles. The van der Waals surface area contributed by atoms with E-state index in [4.69, 9.17) is 4.84 Å². The van der Waals surface area contributed by atoms with Gasteiger partial charge in [0, 0.05) is 17.8 Å². The number of nitrogens with zero attached hydrogens (tertiary/aromatic N) is 2. The minimum atomic E-state index is -0.780. The van der Waals surface area contributed by atoms with E-state index in [1.807, 2.05) is 0 Å². The highest BCUT2D eigenvalue weighted by molar-refractivity contribution is 6.21. The zero-order chi connectivity index (χ0) is 16.7. The molecule has 0 radical (unpaired) electrons. The first-order chi connectivity index (χ1) is 11.6. The SMILES string of the molecule is O=C(ON1C(=O)c2ccccc2C1=O)c1ccc(C2CCC2)nc1. The van der Waals surface area contributed by atoms with Crippen LogP contribution in [-0.2, 0) is 4.84 Å². The van der Waals surface area contributed by atoms with Crippen molar-refractivity contribution in [2.45, 2.75) is 25.2 Å². The molecule has 0 spiro atoms. The Kier molecular flexibility index (Phi) is 3.37. The van der Waals surface area contributed by atoms with Crippen LogP contribution in [0.2, 0.25) is 0 Å². The lowest BCUT2D eigenvalue weighted by Crippen LogP contribution is -2.32. The van der Waals surface area contributed by atoms with Crippen molar-refractivity contribution in [1.29, 1.82) is 0 Å². The van der Waals surface area contributed by atoms with E-state index in [0.29, 0.717) is 11.0 Å². The molecule has 2 amide bonds. The summed E-state index contributed by atoms with van der Waals surface area (Å²) in [6, 6.07) is 9.76. The van der Waals surface area contributed by atoms with E-state index < -0.39 is 17.8 Å². The molecular formula is C18H14N2O4. The molecule has 0 N–H and O–H groups in total. The predicted octanol–water partition coefficient (Wildman–Crippen LogP) is 2.72. The Morgan fingerprint density at radius 1 is 1.04 bits per heavy atom. The van der Waals surface area contributed by atoms with Gasteiger partial charge in [-0.2, -0.15) is 0 Å². The number of amides is 2. The largest absolute Gasteiger partial charge is 0.365 e. The molecule has 0 bridgehead atoms. The number of pyridine rings is 1. The van der Waals surface area contributed by atoms with Crippen molar-refractivity contribution in [2.75, 3.05) is 0 Å². The van der Waals surface area contributed by atoms with Gasteiger partial charge >= 0.3 is 5.97 Å². The summed E-state index contributed by atoms with van der Waals surface area (Å²) < 4.78 is 0. The van der Waals surface area contributed by atoms with Gasteiger partial charge in [-0.05, 0) is 37.1 Å². The first kappa shape index (κ1) is 14.6. The van der Waals surface area contributed by atoms with Crippen molar-refractivity contribution in [3.63, 3.8) is 0 Å². The highest BCUT2D eigenvalue weighted by Crippen LogP contribution is 2.35. The monoisotopic (exact) mass is 322 g/mol. The van der Waals surface area contributed by atoms with Gasteiger partial charge in [0.1, 0.15) is 0 Å². The fourth-order valence-electron chi connectivity index (χ4n) is 2.86. The number of rotatable bonds is 3. The zero-order valence-electron chi connectivity index (χ0n) is 12.8. The molecule has 4 rings (SSSR count). The van der Waals surface area contributed by atoms with E-state index in [2.05, 4.69) is 4.98 Å². The Balaban J connectivity index is 1.50. The molecule has 1 aromatic heterocycles. The maximum atomic E-state index is 12.2. The van der Waals surface area contributed by atoms with Gasteiger partial charge in [0.15, 0.2) is 0 Å². The fraction of sp³-hybridized carbons (Fsp3) is 0.222. The van der Waals surface area contributed by atoms with Crippen molar-refractivity contribution < 1.29 is 19.2 Å². The molecule has 120 valence electrons. The number of hydrogen-bond donors (Lipinski definition) is 0. The number of hydroxylamine groups is 2. The van der Waals surface area contributed by atoms with Crippen molar-refractivity contribution in [3.05, 3.63) is 65.0 Å². The van der Waals surface area contributed by atoms with Gasteiger partial charge < -0.3 is 4.84 Å². The molecule has 1 aromatic carbocycles. The van der Waals surface area contributed by atoms with Crippen LogP contribution in [0.3, 0.4) is 0 Å². The third kappa shape index (κ3) is 2.27. The van der Waals surface area contributed by atoms with E-state index in [-0.39, 0.29) is 16.7 Å². The van der Waals surface area contributed by atoms with Crippen LogP contribution in [0.4, 0.5) is 0 Å². The van der Waals surface area contributed by atoms with Gasteiger partial charge in [-0.15, -0.1) is 0 Å². The van der Waals surface area contributed by atoms with Gasteiger partial charge in [-0.3, -0.25) is 14.6 Å². The summed E-state index contributed by atoms with van der Waals surface area (Å²) in [7, 11) is 0. The van der Waals surface area contributed by atoms with Crippen LogP contribution in [0.1, 0.15) is 61.9 Å². The van der Waals surface area contributed by atoms with E-state index in [9.17, 15) is 14.4 Å². The third-order valence-electron chi connectivity index (χ3n) is 4.48. The Labute approximate surface area is 138 Å². The first-order valence-corrected chi connectivity index (χ1v) is 7.81. The summed E-state index contributed by atoms with van der Waals surface area (Å²) in [5.74, 6) is -1.59. The molecule has 1 aliphatic heterocycles. The molecule has 0 unspecified atom stereocenters. The molecule has 6 heteroatoms. The Morgan fingerprint density at radius 3 is 2.21 bits per heavy atom. The lowest BCUT2D eigenvalue weighted by Gasteiger charge is -2.24. The molecule has 2 aliphatic rings. The van der Waals surface area contributed by atoms with Gasteiger partial charge in [-0.1, -0.05) is 23.6 Å². The lowest BCUT2D eigenvalue weighted by molar-refractivity contribution is -0.0584. The van der Waals surface area contributed by atoms with Gasteiger partial charge in [0.2, 0.25) is 0 Å². The second kappa shape index (κ2) is 5.56. The van der Waals surface area contributed by atoms with Crippen molar-refractivity contribution in [3.8, 4) is 0 Å². The van der Waals surface area contributed by atoms with Gasteiger partial charge in [0.05, 0.1) is 16.7 Å². The average Bonchev–Trinajstić information content (AvgIpc) is 2.79. The molecule has 0 atom stereocenters. The number of fused-ring (bicyclic) bond motifs is 1. The Hall–Kier alpha value is -3.02. The number of carbonyl (C=O) groups is 3. The second-order valence-electron chi connectivity index (χ2n) is 5.93. The van der Waals surface area contributed by atoms with E-state index in [1.54, 1.807) is 24.3 Å². The summed E-state index contributed by atoms with van der Waals surface area (Å²) >= 11 is 0. The number of hydrogen-bond acceptors (Lipinski definition) is 5. The van der Waals surface area contributed by atoms with Crippen molar-refractivity contribution >= 4 is 17.8 Å². The molecular weight excluding hydrogens is 308 g/mol. The zero-order valence-corrected chi connectivity index (χ0v) is 12.8. The number of benzene rings is 1. The Morgan fingerprint density at radius 2 is 1.71 bits per heavy atom. The summed E-state index contributed by atoms with van der Waals surface area (Å²) in [5.41, 5.74) is 1.62. The highest BCUT2D eigenvalue weighted by Gasteiger charge is 2.38. The maximum Gasteiger partial charge on any atom is 0.365 e. The lowest BCUT2D eigenvalue weighted by atomic mass is 9.82. The van der Waals surface area contributed by atoms with Gasteiger partial charge in [-0.25, -0.2) is 4.79 Å². The quantitative estimate of drug-likeness (QED) is 0.812. The predicted molar refractivity (Wildman–Crippen MR) is 83.2 cm³/mol. The molecule has 24 heavy (non-hydrogen) atoms. The summed E-state index contributed by atoms with van der Waals surface area (Å²) in [6.45, 7) is 0. The van der Waals surface area contributed by atoms with Crippen molar-refractivity contribution in [2.24, 2.45) is 0 Å². The summed E-state index contributed by atoms with van der Waals surface area (Å²) in [4.78, 5) is 45.8. The van der Waals surface area contributed by atoms with Crippen LogP contribution in [0.15, 0.2) is 42.6 Å². The van der Waals surface area contributed by atoms with Crippen LogP contribution in [0.25, 0.3) is 0 Å². The smallest absolute Gasteiger partial charge is 0.324 e. The van der Waals surface area contributed by atoms with Crippen LogP contribution in [0, 0.1) is 0 Å². The average molecular weight is 322 g/mol. The molecule has 1 aliphatic carbocycles. The molecule has 2 aromatic rings. The maximum absolute atomic E-state index is 12.2. The summed E-state index contributed by atoms with van der Waals surface area (Å²) in [6.07, 6.45) is 4.86.